The highest BCUT2D eigenvalue weighted by Crippen LogP contribution is 2.40. The summed E-state index contributed by atoms with van der Waals surface area (Å²) < 4.78 is 52.3. The molecule has 0 unspecified atom stereocenters. The molecule has 0 spiro atoms. The fourth-order valence-corrected chi connectivity index (χ4v) is 5.00. The minimum absolute atomic E-state index is 0.124. The molecule has 12 heteroatoms. The van der Waals surface area contributed by atoms with Gasteiger partial charge in [0.2, 0.25) is 10.0 Å². The predicted molar refractivity (Wildman–Crippen MR) is 151 cm³/mol. The van der Waals surface area contributed by atoms with E-state index in [1.165, 1.54) is 44.3 Å². The molecule has 4 rings (SSSR count). The van der Waals surface area contributed by atoms with Gasteiger partial charge in [-0.3, -0.25) is 14.3 Å². The van der Waals surface area contributed by atoms with E-state index in [2.05, 4.69) is 15.0 Å². The molecular formula is C28H27ClFN3O6S. The highest BCUT2D eigenvalue weighted by atomic mass is 35.5. The van der Waals surface area contributed by atoms with Gasteiger partial charge in [-0.05, 0) is 62.2 Å². The molecule has 9 nitrogen and oxygen atoms in total. The lowest BCUT2D eigenvalue weighted by atomic mass is 10.0. The first-order chi connectivity index (χ1) is 19.1. The van der Waals surface area contributed by atoms with Gasteiger partial charge in [0.25, 0.3) is 5.91 Å². The number of carbonyl (C=O) groups excluding carboxylic acids is 2. The van der Waals surface area contributed by atoms with E-state index in [0.29, 0.717) is 34.2 Å². The Hall–Kier alpha value is -3.96. The highest BCUT2D eigenvalue weighted by Gasteiger charge is 2.25. The van der Waals surface area contributed by atoms with Crippen LogP contribution >= 0.6 is 11.6 Å². The zero-order chi connectivity index (χ0) is 29.0. The average Bonchev–Trinajstić information content (AvgIpc) is 3.30. The molecule has 4 aromatic rings. The number of ether oxygens (including phenoxy) is 1. The van der Waals surface area contributed by atoms with Crippen LogP contribution in [-0.4, -0.2) is 44.7 Å². The first kappa shape index (κ1) is 29.0. The normalized spacial score (nSPS) is 11.4. The van der Waals surface area contributed by atoms with Crippen LogP contribution in [0.25, 0.3) is 33.6 Å². The van der Waals surface area contributed by atoms with Gasteiger partial charge in [0, 0.05) is 36.0 Å². The molecular weight excluding hydrogens is 561 g/mol. The van der Waals surface area contributed by atoms with Gasteiger partial charge in [-0.2, -0.15) is 0 Å². The van der Waals surface area contributed by atoms with Crippen molar-refractivity contribution in [3.8, 4) is 22.6 Å². The Bertz CT molecular complexity index is 1690. The quantitative estimate of drug-likeness (QED) is 0.183. The van der Waals surface area contributed by atoms with Gasteiger partial charge in [0.15, 0.2) is 0 Å². The van der Waals surface area contributed by atoms with E-state index in [-0.39, 0.29) is 52.5 Å². The van der Waals surface area contributed by atoms with Crippen molar-refractivity contribution in [1.82, 2.24) is 10.3 Å². The SMILES string of the molecule is CCOC(=O)CCc1ccc(-c2cc3c(C(=O)NC)c(-c4ccc(F)cc4)oc3cc2NS(=O)(=O)CC)nc1Cl. The summed E-state index contributed by atoms with van der Waals surface area (Å²) in [5, 5.41) is 3.11. The molecule has 2 aromatic carbocycles. The number of carbonyl (C=O) groups is 2. The lowest BCUT2D eigenvalue weighted by Crippen LogP contribution is -2.18. The van der Waals surface area contributed by atoms with Crippen LogP contribution in [0.3, 0.4) is 0 Å². The molecule has 0 aliphatic rings. The number of furan rings is 1. The molecule has 2 N–H and O–H groups in total. The van der Waals surface area contributed by atoms with Crippen LogP contribution in [0.5, 0.6) is 0 Å². The van der Waals surface area contributed by atoms with Crippen LogP contribution in [0.1, 0.15) is 36.2 Å². The standard InChI is InChI=1S/C28H27ClFN3O6S/c1-4-38-24(34)13-9-17-8-12-21(32-27(17)29)19-14-20-23(15-22(19)33-40(36,37)5-2)39-26(25(20)28(35)31-3)16-6-10-18(30)11-7-16/h6-8,10-12,14-15,33H,4-5,9,13H2,1-3H3,(H,31,35). The van der Waals surface area contributed by atoms with Crippen LogP contribution in [-0.2, 0) is 26.0 Å². The van der Waals surface area contributed by atoms with Crippen LogP contribution in [0.4, 0.5) is 10.1 Å². The second-order valence-electron chi connectivity index (χ2n) is 8.74. The Morgan fingerprint density at radius 1 is 1.10 bits per heavy atom. The van der Waals surface area contributed by atoms with E-state index >= 15 is 0 Å². The van der Waals surface area contributed by atoms with Crippen molar-refractivity contribution in [3.05, 3.63) is 70.6 Å². The number of aromatic nitrogens is 1. The molecule has 0 radical (unpaired) electrons. The van der Waals surface area contributed by atoms with Crippen molar-refractivity contribution < 1.29 is 31.6 Å². The number of sulfonamides is 1. The molecule has 2 heterocycles. The Labute approximate surface area is 235 Å². The van der Waals surface area contributed by atoms with E-state index in [9.17, 15) is 22.4 Å². The first-order valence-electron chi connectivity index (χ1n) is 12.5. The van der Waals surface area contributed by atoms with Gasteiger partial charge in [-0.1, -0.05) is 17.7 Å². The van der Waals surface area contributed by atoms with Crippen molar-refractivity contribution in [3.63, 3.8) is 0 Å². The Balaban J connectivity index is 1.89. The van der Waals surface area contributed by atoms with Gasteiger partial charge in [-0.25, -0.2) is 17.8 Å². The molecule has 0 saturated carbocycles. The third-order valence-electron chi connectivity index (χ3n) is 6.14. The lowest BCUT2D eigenvalue weighted by Gasteiger charge is -2.13. The van der Waals surface area contributed by atoms with Crippen LogP contribution < -0.4 is 10.0 Å². The number of nitrogens with one attached hydrogen (secondary N) is 2. The smallest absolute Gasteiger partial charge is 0.306 e. The number of hydrogen-bond acceptors (Lipinski definition) is 7. The summed E-state index contributed by atoms with van der Waals surface area (Å²) in [6.07, 6.45) is 0.432. The zero-order valence-electron chi connectivity index (χ0n) is 22.0. The number of rotatable bonds is 10. The number of nitrogens with zero attached hydrogens (tertiary/aromatic N) is 1. The maximum atomic E-state index is 13.6. The summed E-state index contributed by atoms with van der Waals surface area (Å²) in [6, 6.07) is 11.9. The van der Waals surface area contributed by atoms with Crippen molar-refractivity contribution in [2.24, 2.45) is 0 Å². The van der Waals surface area contributed by atoms with E-state index in [0.717, 1.165) is 0 Å². The fraction of sp³-hybridized carbons (Fsp3) is 0.250. The molecule has 0 aliphatic heterocycles. The molecule has 210 valence electrons. The number of hydrogen-bond donors (Lipinski definition) is 2. The molecule has 0 atom stereocenters. The molecule has 0 aliphatic carbocycles. The minimum Gasteiger partial charge on any atom is -0.466 e. The van der Waals surface area contributed by atoms with Crippen LogP contribution in [0, 0.1) is 5.82 Å². The Morgan fingerprint density at radius 2 is 1.82 bits per heavy atom. The third kappa shape index (κ3) is 6.26. The maximum Gasteiger partial charge on any atom is 0.306 e. The number of esters is 1. The van der Waals surface area contributed by atoms with Gasteiger partial charge in [-0.15, -0.1) is 0 Å². The molecule has 40 heavy (non-hydrogen) atoms. The molecule has 0 bridgehead atoms. The lowest BCUT2D eigenvalue weighted by molar-refractivity contribution is -0.143. The predicted octanol–water partition coefficient (Wildman–Crippen LogP) is 5.57. The summed E-state index contributed by atoms with van der Waals surface area (Å²) in [4.78, 5) is 29.2. The second-order valence-corrected chi connectivity index (χ2v) is 11.1. The van der Waals surface area contributed by atoms with Gasteiger partial charge in [0.1, 0.15) is 22.3 Å². The number of anilines is 1. The number of fused-ring (bicyclic) bond motifs is 1. The number of amides is 1. The summed E-state index contributed by atoms with van der Waals surface area (Å²) in [6.45, 7) is 3.50. The molecule has 0 saturated heterocycles. The number of pyridine rings is 1. The second kappa shape index (κ2) is 12.1. The highest BCUT2D eigenvalue weighted by molar-refractivity contribution is 7.92. The molecule has 2 aromatic heterocycles. The third-order valence-corrected chi connectivity index (χ3v) is 7.76. The topological polar surface area (TPSA) is 128 Å². The largest absolute Gasteiger partial charge is 0.466 e. The van der Waals surface area contributed by atoms with Crippen LogP contribution in [0.15, 0.2) is 52.9 Å². The fourth-order valence-electron chi connectivity index (χ4n) is 4.10. The molecule has 0 fully saturated rings. The van der Waals surface area contributed by atoms with E-state index in [1.807, 2.05) is 0 Å². The van der Waals surface area contributed by atoms with Gasteiger partial charge >= 0.3 is 5.97 Å². The number of aryl methyl sites for hydroxylation is 1. The van der Waals surface area contributed by atoms with Crippen molar-refractivity contribution in [1.29, 1.82) is 0 Å². The summed E-state index contributed by atoms with van der Waals surface area (Å²) in [5.41, 5.74) is 2.33. The van der Waals surface area contributed by atoms with E-state index in [1.54, 1.807) is 25.1 Å². The number of halogens is 2. The van der Waals surface area contributed by atoms with Crippen LogP contribution in [0.2, 0.25) is 5.15 Å². The maximum absolute atomic E-state index is 13.6. The first-order valence-corrected chi connectivity index (χ1v) is 14.5. The Morgan fingerprint density at radius 3 is 2.45 bits per heavy atom. The number of benzene rings is 2. The van der Waals surface area contributed by atoms with Crippen molar-refractivity contribution >= 4 is 50.2 Å². The van der Waals surface area contributed by atoms with E-state index < -0.39 is 21.7 Å². The van der Waals surface area contributed by atoms with Crippen molar-refractivity contribution in [2.75, 3.05) is 24.1 Å². The monoisotopic (exact) mass is 587 g/mol. The van der Waals surface area contributed by atoms with Crippen molar-refractivity contribution in [2.45, 2.75) is 26.7 Å². The molecule has 1 amide bonds. The summed E-state index contributed by atoms with van der Waals surface area (Å²) in [5.74, 6) is -1.26. The zero-order valence-corrected chi connectivity index (χ0v) is 23.6. The van der Waals surface area contributed by atoms with Gasteiger partial charge in [0.05, 0.1) is 29.3 Å². The van der Waals surface area contributed by atoms with E-state index in [4.69, 9.17) is 20.8 Å². The average molecular weight is 588 g/mol. The Kier molecular flexibility index (Phi) is 8.75. The summed E-state index contributed by atoms with van der Waals surface area (Å²) >= 11 is 6.46. The minimum atomic E-state index is -3.72. The van der Waals surface area contributed by atoms with Gasteiger partial charge < -0.3 is 14.5 Å². The summed E-state index contributed by atoms with van der Waals surface area (Å²) in [7, 11) is -2.25.